The highest BCUT2D eigenvalue weighted by atomic mass is 32.1. The molecule has 0 aliphatic heterocycles. The van der Waals surface area contributed by atoms with Gasteiger partial charge in [-0.15, -0.1) is 11.3 Å². The Morgan fingerprint density at radius 2 is 2.11 bits per heavy atom. The first-order chi connectivity index (χ1) is 12.9. The highest BCUT2D eigenvalue weighted by Crippen LogP contribution is 2.27. The molecule has 27 heavy (non-hydrogen) atoms. The number of carbonyl (C=O) groups is 1. The standard InChI is InChI=1S/C18H15N3O5S/c1-3-8-26-18(23)15-11(2)14-16(27-15)19-10-20(17(14)22)9-12-4-6-13(7-5-12)21(24)25/h3-7,10H,1,8-9H2,2H3. The number of aromatic nitrogens is 2. The van der Waals surface area contributed by atoms with E-state index in [9.17, 15) is 19.7 Å². The summed E-state index contributed by atoms with van der Waals surface area (Å²) in [5, 5.41) is 11.1. The van der Waals surface area contributed by atoms with Crippen molar-refractivity contribution in [2.45, 2.75) is 13.5 Å². The van der Waals surface area contributed by atoms with Gasteiger partial charge in [0.05, 0.1) is 23.2 Å². The van der Waals surface area contributed by atoms with E-state index in [0.717, 1.165) is 16.9 Å². The van der Waals surface area contributed by atoms with Crippen LogP contribution in [0.4, 0.5) is 5.69 Å². The lowest BCUT2D eigenvalue weighted by Gasteiger charge is -2.05. The van der Waals surface area contributed by atoms with Gasteiger partial charge in [0.2, 0.25) is 0 Å². The number of thiophene rings is 1. The topological polar surface area (TPSA) is 104 Å². The summed E-state index contributed by atoms with van der Waals surface area (Å²) in [5.41, 5.74) is 0.952. The molecule has 2 aromatic heterocycles. The van der Waals surface area contributed by atoms with Crippen molar-refractivity contribution in [2.75, 3.05) is 6.61 Å². The van der Waals surface area contributed by atoms with Crippen LogP contribution in [0.2, 0.25) is 0 Å². The van der Waals surface area contributed by atoms with Gasteiger partial charge < -0.3 is 4.74 Å². The largest absolute Gasteiger partial charge is 0.457 e. The van der Waals surface area contributed by atoms with Crippen LogP contribution < -0.4 is 5.56 Å². The molecule has 3 aromatic rings. The number of benzene rings is 1. The molecule has 0 aliphatic carbocycles. The van der Waals surface area contributed by atoms with Gasteiger partial charge in [-0.25, -0.2) is 9.78 Å². The Labute approximate surface area is 157 Å². The highest BCUT2D eigenvalue weighted by Gasteiger charge is 2.20. The maximum atomic E-state index is 12.8. The smallest absolute Gasteiger partial charge is 0.348 e. The second kappa shape index (κ2) is 7.50. The van der Waals surface area contributed by atoms with Crippen molar-refractivity contribution < 1.29 is 14.5 Å². The van der Waals surface area contributed by atoms with E-state index in [-0.39, 0.29) is 24.4 Å². The molecular formula is C18H15N3O5S. The predicted octanol–water partition coefficient (Wildman–Crippen LogP) is 3.07. The Morgan fingerprint density at radius 3 is 2.74 bits per heavy atom. The predicted molar refractivity (Wildman–Crippen MR) is 101 cm³/mol. The van der Waals surface area contributed by atoms with Gasteiger partial charge in [0, 0.05) is 12.1 Å². The number of nitrogens with zero attached hydrogens (tertiary/aromatic N) is 3. The maximum absolute atomic E-state index is 12.8. The summed E-state index contributed by atoms with van der Waals surface area (Å²) < 4.78 is 6.45. The zero-order valence-corrected chi connectivity index (χ0v) is 15.2. The number of esters is 1. The summed E-state index contributed by atoms with van der Waals surface area (Å²) in [4.78, 5) is 40.3. The maximum Gasteiger partial charge on any atom is 0.348 e. The van der Waals surface area contributed by atoms with Crippen LogP contribution in [-0.2, 0) is 11.3 Å². The van der Waals surface area contributed by atoms with E-state index < -0.39 is 10.9 Å². The first-order valence-electron chi connectivity index (χ1n) is 7.92. The Morgan fingerprint density at radius 1 is 1.41 bits per heavy atom. The number of nitro benzene ring substituents is 1. The van der Waals surface area contributed by atoms with Crippen molar-refractivity contribution in [1.82, 2.24) is 9.55 Å². The number of fused-ring (bicyclic) bond motifs is 1. The number of nitro groups is 1. The minimum Gasteiger partial charge on any atom is -0.457 e. The van der Waals surface area contributed by atoms with Crippen LogP contribution in [0.3, 0.4) is 0 Å². The number of ether oxygens (including phenoxy) is 1. The van der Waals surface area contributed by atoms with Gasteiger partial charge in [-0.05, 0) is 18.1 Å². The minimum absolute atomic E-state index is 0.0176. The van der Waals surface area contributed by atoms with Crippen molar-refractivity contribution in [3.05, 3.63) is 79.7 Å². The summed E-state index contributed by atoms with van der Waals surface area (Å²) in [5.74, 6) is -0.517. The van der Waals surface area contributed by atoms with Crippen molar-refractivity contribution in [3.8, 4) is 0 Å². The third-order valence-electron chi connectivity index (χ3n) is 3.94. The van der Waals surface area contributed by atoms with Gasteiger partial charge in [0.15, 0.2) is 0 Å². The van der Waals surface area contributed by atoms with E-state index in [4.69, 9.17) is 4.74 Å². The zero-order chi connectivity index (χ0) is 19.6. The van der Waals surface area contributed by atoms with E-state index in [2.05, 4.69) is 11.6 Å². The van der Waals surface area contributed by atoms with Gasteiger partial charge >= 0.3 is 5.97 Å². The molecule has 0 saturated carbocycles. The molecule has 0 saturated heterocycles. The van der Waals surface area contributed by atoms with Crippen molar-refractivity contribution in [2.24, 2.45) is 0 Å². The van der Waals surface area contributed by atoms with Crippen LogP contribution in [0.15, 0.2) is 48.0 Å². The van der Waals surface area contributed by atoms with E-state index in [1.807, 2.05) is 0 Å². The summed E-state index contributed by atoms with van der Waals surface area (Å²) in [7, 11) is 0. The molecule has 0 bridgehead atoms. The lowest BCUT2D eigenvalue weighted by molar-refractivity contribution is -0.384. The molecule has 0 N–H and O–H groups in total. The van der Waals surface area contributed by atoms with Crippen LogP contribution in [-0.4, -0.2) is 27.1 Å². The number of aryl methyl sites for hydroxylation is 1. The van der Waals surface area contributed by atoms with Gasteiger partial charge in [-0.2, -0.15) is 0 Å². The molecule has 9 heteroatoms. The molecule has 0 unspecified atom stereocenters. The summed E-state index contributed by atoms with van der Waals surface area (Å²) >= 11 is 1.11. The normalized spacial score (nSPS) is 10.7. The molecule has 0 spiro atoms. The van der Waals surface area contributed by atoms with Crippen molar-refractivity contribution >= 4 is 33.2 Å². The van der Waals surface area contributed by atoms with Crippen LogP contribution >= 0.6 is 11.3 Å². The fourth-order valence-electron chi connectivity index (χ4n) is 2.59. The summed E-state index contributed by atoms with van der Waals surface area (Å²) in [6, 6.07) is 5.95. The van der Waals surface area contributed by atoms with Crippen LogP contribution in [0, 0.1) is 17.0 Å². The van der Waals surface area contributed by atoms with E-state index in [1.54, 1.807) is 19.1 Å². The first kappa shape index (κ1) is 18.5. The van der Waals surface area contributed by atoms with Crippen molar-refractivity contribution in [1.29, 1.82) is 0 Å². The SMILES string of the molecule is C=CCOC(=O)c1sc2ncn(Cc3ccc([N+](=O)[O-])cc3)c(=O)c2c1C. The monoisotopic (exact) mass is 385 g/mol. The molecule has 0 radical (unpaired) electrons. The Hall–Kier alpha value is -3.33. The van der Waals surface area contributed by atoms with E-state index >= 15 is 0 Å². The molecule has 8 nitrogen and oxygen atoms in total. The van der Waals surface area contributed by atoms with Crippen LogP contribution in [0.25, 0.3) is 10.2 Å². The van der Waals surface area contributed by atoms with Crippen molar-refractivity contribution in [3.63, 3.8) is 0 Å². The molecule has 0 atom stereocenters. The molecule has 0 amide bonds. The number of hydrogen-bond donors (Lipinski definition) is 0. The Bertz CT molecular complexity index is 1100. The molecule has 138 valence electrons. The molecule has 2 heterocycles. The molecule has 0 fully saturated rings. The van der Waals surface area contributed by atoms with Crippen LogP contribution in [0.5, 0.6) is 0 Å². The molecular weight excluding hydrogens is 370 g/mol. The highest BCUT2D eigenvalue weighted by molar-refractivity contribution is 7.20. The lowest BCUT2D eigenvalue weighted by Crippen LogP contribution is -2.21. The average Bonchev–Trinajstić information content (AvgIpc) is 3.00. The summed E-state index contributed by atoms with van der Waals surface area (Å²) in [6.07, 6.45) is 2.87. The quantitative estimate of drug-likeness (QED) is 0.279. The second-order valence-corrected chi connectivity index (χ2v) is 6.72. The third-order valence-corrected chi connectivity index (χ3v) is 5.11. The Kier molecular flexibility index (Phi) is 5.13. The number of rotatable bonds is 6. The lowest BCUT2D eigenvalue weighted by atomic mass is 10.2. The van der Waals surface area contributed by atoms with Gasteiger partial charge in [0.1, 0.15) is 16.3 Å². The second-order valence-electron chi connectivity index (χ2n) is 5.72. The fraction of sp³-hybridized carbons (Fsp3) is 0.167. The first-order valence-corrected chi connectivity index (χ1v) is 8.74. The fourth-order valence-corrected chi connectivity index (χ4v) is 3.62. The van der Waals surface area contributed by atoms with Gasteiger partial charge in [0.25, 0.3) is 11.2 Å². The zero-order valence-electron chi connectivity index (χ0n) is 14.4. The number of hydrogen-bond acceptors (Lipinski definition) is 7. The molecule has 3 rings (SSSR count). The third kappa shape index (κ3) is 3.63. The number of carbonyl (C=O) groups excluding carboxylic acids is 1. The van der Waals surface area contributed by atoms with Gasteiger partial charge in [-0.3, -0.25) is 19.5 Å². The van der Waals surface area contributed by atoms with Crippen LogP contribution in [0.1, 0.15) is 20.8 Å². The molecule has 0 aliphatic rings. The van der Waals surface area contributed by atoms with E-state index in [0.29, 0.717) is 20.7 Å². The molecule has 1 aromatic carbocycles. The Balaban J connectivity index is 1.96. The van der Waals surface area contributed by atoms with Gasteiger partial charge in [-0.1, -0.05) is 24.8 Å². The van der Waals surface area contributed by atoms with E-state index in [1.165, 1.54) is 29.1 Å². The summed E-state index contributed by atoms with van der Waals surface area (Å²) in [6.45, 7) is 5.48. The average molecular weight is 385 g/mol. The number of non-ortho nitro benzene ring substituents is 1. The minimum atomic E-state index is -0.517.